The van der Waals surface area contributed by atoms with E-state index in [1.54, 1.807) is 25.1 Å². The number of imidazole rings is 1. The molecule has 0 bridgehead atoms. The van der Waals surface area contributed by atoms with Crippen LogP contribution < -0.4 is 11.1 Å². The maximum absolute atomic E-state index is 14.0. The van der Waals surface area contributed by atoms with Crippen molar-refractivity contribution < 1.29 is 40.3 Å². The predicted octanol–water partition coefficient (Wildman–Crippen LogP) is 5.00. The maximum Gasteiger partial charge on any atom is 0.389 e. The van der Waals surface area contributed by atoms with E-state index in [1.165, 1.54) is 0 Å². The summed E-state index contributed by atoms with van der Waals surface area (Å²) in [5, 5.41) is 10.2. The number of alkyl halides is 7. The fraction of sp³-hybridized carbons (Fsp3) is 0.560. The molecule has 3 aromatic rings. The van der Waals surface area contributed by atoms with Gasteiger partial charge >= 0.3 is 6.18 Å². The van der Waals surface area contributed by atoms with Crippen LogP contribution in [0.25, 0.3) is 11.0 Å². The number of nitrogens with zero attached hydrogens (tertiary/aromatic N) is 4. The van der Waals surface area contributed by atoms with Crippen molar-refractivity contribution in [1.82, 2.24) is 30.3 Å². The third kappa shape index (κ3) is 7.33. The topological polar surface area (TPSA) is 132 Å². The van der Waals surface area contributed by atoms with E-state index in [9.17, 15) is 40.3 Å². The average Bonchev–Trinajstić information content (AvgIpc) is 3.47. The molecule has 1 aliphatic rings. The molecule has 2 aromatic heterocycles. The number of aromatic nitrogens is 5. The molecule has 4 rings (SSSR count). The van der Waals surface area contributed by atoms with E-state index < -0.39 is 80.4 Å². The lowest BCUT2D eigenvalue weighted by Gasteiger charge is -2.32. The van der Waals surface area contributed by atoms with Crippen LogP contribution in [0.1, 0.15) is 85.0 Å². The molecule has 1 saturated carbocycles. The van der Waals surface area contributed by atoms with Crippen molar-refractivity contribution >= 4 is 22.8 Å². The summed E-state index contributed by atoms with van der Waals surface area (Å²) in [4.78, 5) is 31.9. The molecule has 1 aromatic carbocycles. The fourth-order valence-electron chi connectivity index (χ4n) is 5.14. The minimum absolute atomic E-state index is 0.0286. The van der Waals surface area contributed by atoms with E-state index in [-0.39, 0.29) is 30.1 Å². The quantitative estimate of drug-likeness (QED) is 0.286. The lowest BCUT2D eigenvalue weighted by Crippen LogP contribution is -2.30. The number of nitrogens with two attached hydrogens (primary N) is 1. The summed E-state index contributed by atoms with van der Waals surface area (Å²) < 4.78 is 92.3. The molecule has 0 saturated heterocycles. The Morgan fingerprint density at radius 3 is 2.51 bits per heavy atom. The molecule has 0 spiro atoms. The van der Waals surface area contributed by atoms with Gasteiger partial charge < -0.3 is 16.0 Å². The monoisotopic (exact) mass is 591 g/mol. The SMILES string of the molecule is C[C@@H](NC(=O)CCC(F)(F)F)c1ccc2nc([C@H](c3nnn(CC(F)F)c3C(N)=O)C3CCC(F)(F)CC3)[nH]c2c1. The lowest BCUT2D eigenvalue weighted by atomic mass is 9.76. The molecule has 9 nitrogen and oxygen atoms in total. The number of benzene rings is 1. The van der Waals surface area contributed by atoms with Crippen LogP contribution in [0.5, 0.6) is 0 Å². The van der Waals surface area contributed by atoms with E-state index in [4.69, 9.17) is 5.73 Å². The first kappa shape index (κ1) is 30.2. The normalized spacial score (nSPS) is 17.6. The van der Waals surface area contributed by atoms with Crippen LogP contribution in [-0.4, -0.2) is 55.3 Å². The van der Waals surface area contributed by atoms with Gasteiger partial charge in [-0.05, 0) is 43.4 Å². The predicted molar refractivity (Wildman–Crippen MR) is 131 cm³/mol. The summed E-state index contributed by atoms with van der Waals surface area (Å²) in [6.07, 6.45) is -10.1. The van der Waals surface area contributed by atoms with Gasteiger partial charge in [0.2, 0.25) is 11.8 Å². The number of hydrogen-bond donors (Lipinski definition) is 3. The third-order valence-corrected chi connectivity index (χ3v) is 7.17. The Morgan fingerprint density at radius 2 is 1.90 bits per heavy atom. The van der Waals surface area contributed by atoms with Gasteiger partial charge in [0.05, 0.1) is 29.4 Å². The van der Waals surface area contributed by atoms with Gasteiger partial charge in [-0.25, -0.2) is 27.2 Å². The molecule has 1 fully saturated rings. The first-order valence-electron chi connectivity index (χ1n) is 12.9. The molecule has 4 N–H and O–H groups in total. The molecular weight excluding hydrogens is 563 g/mol. The highest BCUT2D eigenvalue weighted by Crippen LogP contribution is 2.45. The molecule has 2 atom stereocenters. The van der Waals surface area contributed by atoms with Gasteiger partial charge in [-0.15, -0.1) is 5.10 Å². The molecule has 2 amide bonds. The first-order valence-corrected chi connectivity index (χ1v) is 12.9. The van der Waals surface area contributed by atoms with Crippen molar-refractivity contribution in [3.8, 4) is 0 Å². The summed E-state index contributed by atoms with van der Waals surface area (Å²) in [6.45, 7) is 0.645. The number of amides is 2. The molecule has 0 unspecified atom stereocenters. The van der Waals surface area contributed by atoms with Gasteiger partial charge in [0, 0.05) is 19.3 Å². The van der Waals surface area contributed by atoms with Crippen molar-refractivity contribution in [2.24, 2.45) is 11.7 Å². The van der Waals surface area contributed by atoms with Gasteiger partial charge in [0.1, 0.15) is 23.8 Å². The Hall–Kier alpha value is -3.72. The zero-order chi connectivity index (χ0) is 30.1. The van der Waals surface area contributed by atoms with Gasteiger partial charge in [-0.3, -0.25) is 9.59 Å². The third-order valence-electron chi connectivity index (χ3n) is 7.17. The number of hydrogen-bond acceptors (Lipinski definition) is 5. The lowest BCUT2D eigenvalue weighted by molar-refractivity contribution is -0.144. The number of carbonyl (C=O) groups excluding carboxylic acids is 2. The molecule has 1 aliphatic carbocycles. The second-order valence-electron chi connectivity index (χ2n) is 10.2. The molecule has 224 valence electrons. The van der Waals surface area contributed by atoms with Crippen molar-refractivity contribution in [2.75, 3.05) is 0 Å². The minimum Gasteiger partial charge on any atom is -0.364 e. The van der Waals surface area contributed by atoms with Gasteiger partial charge in [-0.1, -0.05) is 11.3 Å². The van der Waals surface area contributed by atoms with Crippen LogP contribution in [0.4, 0.5) is 30.7 Å². The largest absolute Gasteiger partial charge is 0.389 e. The summed E-state index contributed by atoms with van der Waals surface area (Å²) in [5.74, 6) is -5.90. The van der Waals surface area contributed by atoms with E-state index in [2.05, 4.69) is 25.6 Å². The Kier molecular flexibility index (Phi) is 8.59. The number of fused-ring (bicyclic) bond motifs is 1. The van der Waals surface area contributed by atoms with Crippen LogP contribution in [0.3, 0.4) is 0 Å². The number of halogens is 7. The number of aromatic amines is 1. The van der Waals surface area contributed by atoms with Gasteiger partial charge in [0.25, 0.3) is 12.3 Å². The van der Waals surface area contributed by atoms with Crippen LogP contribution in [0.15, 0.2) is 18.2 Å². The second-order valence-corrected chi connectivity index (χ2v) is 10.2. The number of nitrogens with one attached hydrogen (secondary N) is 2. The summed E-state index contributed by atoms with van der Waals surface area (Å²) in [6, 6.07) is 4.18. The number of H-pyrrole nitrogens is 1. The minimum atomic E-state index is -4.46. The van der Waals surface area contributed by atoms with E-state index in [0.29, 0.717) is 21.3 Å². The molecule has 16 heteroatoms. The molecule has 0 radical (unpaired) electrons. The first-order chi connectivity index (χ1) is 19.1. The summed E-state index contributed by atoms with van der Waals surface area (Å²) in [5.41, 5.74) is 6.49. The zero-order valence-electron chi connectivity index (χ0n) is 21.8. The smallest absolute Gasteiger partial charge is 0.364 e. The Balaban J connectivity index is 1.68. The Labute approximate surface area is 229 Å². The van der Waals surface area contributed by atoms with Crippen molar-refractivity contribution in [3.63, 3.8) is 0 Å². The highest BCUT2D eigenvalue weighted by atomic mass is 19.4. The second kappa shape index (κ2) is 11.6. The van der Waals surface area contributed by atoms with Gasteiger partial charge in [-0.2, -0.15) is 13.2 Å². The van der Waals surface area contributed by atoms with E-state index in [0.717, 1.165) is 0 Å². The van der Waals surface area contributed by atoms with Gasteiger partial charge in [0.15, 0.2) is 0 Å². The Morgan fingerprint density at radius 1 is 1.22 bits per heavy atom. The zero-order valence-corrected chi connectivity index (χ0v) is 21.8. The standard InChI is InChI=1S/C25H28F7N7O2/c1-12(34-18(40)6-9-25(30,31)32)14-2-3-15-16(10-14)36-23(35-15)19(13-4-7-24(28,29)8-5-13)20-21(22(33)41)39(38-37-20)11-17(26)27/h2-3,10,12-13,17,19H,4-9,11H2,1H3,(H2,33,41)(H,34,40)(H,35,36)/t12-,19+/m1/s1. The fourth-order valence-corrected chi connectivity index (χ4v) is 5.14. The van der Waals surface area contributed by atoms with Crippen LogP contribution >= 0.6 is 0 Å². The number of primary amides is 1. The average molecular weight is 592 g/mol. The van der Waals surface area contributed by atoms with Crippen LogP contribution in [0.2, 0.25) is 0 Å². The van der Waals surface area contributed by atoms with Crippen LogP contribution in [0, 0.1) is 5.92 Å². The molecule has 41 heavy (non-hydrogen) atoms. The molecule has 2 heterocycles. The van der Waals surface area contributed by atoms with E-state index in [1.807, 2.05) is 0 Å². The highest BCUT2D eigenvalue weighted by Gasteiger charge is 2.42. The van der Waals surface area contributed by atoms with Crippen molar-refractivity contribution in [1.29, 1.82) is 0 Å². The van der Waals surface area contributed by atoms with E-state index >= 15 is 0 Å². The molecular formula is C25H28F7N7O2. The van der Waals surface area contributed by atoms with Crippen molar-refractivity contribution in [2.45, 2.75) is 82.5 Å². The van der Waals surface area contributed by atoms with Crippen molar-refractivity contribution in [3.05, 3.63) is 41.0 Å². The Bertz CT molecular complexity index is 1390. The maximum atomic E-state index is 14.0. The molecule has 0 aliphatic heterocycles. The summed E-state index contributed by atoms with van der Waals surface area (Å²) >= 11 is 0. The number of rotatable bonds is 10. The summed E-state index contributed by atoms with van der Waals surface area (Å²) in [7, 11) is 0. The highest BCUT2D eigenvalue weighted by molar-refractivity contribution is 5.92. The number of carbonyl (C=O) groups is 2. The van der Waals surface area contributed by atoms with Crippen LogP contribution in [-0.2, 0) is 11.3 Å².